The van der Waals surface area contributed by atoms with Gasteiger partial charge in [-0.3, -0.25) is 9.98 Å². The fourth-order valence-electron chi connectivity index (χ4n) is 4.59. The standard InChI is InChI=1S/C22H26N4/c1-14-11-15(2)13-16(12-14)25-19(23-5)20(24-6)26-18-10-8-7-9-17(18)22(3,4)21(25)26/h7-13,21H,1-6H3/b23-19+,24-20+. The van der Waals surface area contributed by atoms with Crippen molar-refractivity contribution in [1.29, 1.82) is 0 Å². The van der Waals surface area contributed by atoms with Crippen molar-refractivity contribution in [3.8, 4) is 0 Å². The Labute approximate surface area is 155 Å². The maximum Gasteiger partial charge on any atom is 0.173 e. The molecule has 2 aromatic carbocycles. The Morgan fingerprint density at radius 1 is 0.846 bits per heavy atom. The van der Waals surface area contributed by atoms with Gasteiger partial charge in [0, 0.05) is 30.9 Å². The Morgan fingerprint density at radius 2 is 1.42 bits per heavy atom. The quantitative estimate of drug-likeness (QED) is 0.771. The van der Waals surface area contributed by atoms with Crippen molar-refractivity contribution in [2.45, 2.75) is 39.3 Å². The predicted molar refractivity (Wildman–Crippen MR) is 111 cm³/mol. The molecule has 26 heavy (non-hydrogen) atoms. The van der Waals surface area contributed by atoms with Crippen molar-refractivity contribution in [2.24, 2.45) is 9.98 Å². The van der Waals surface area contributed by atoms with Gasteiger partial charge < -0.3 is 9.80 Å². The van der Waals surface area contributed by atoms with E-state index in [2.05, 4.69) is 89.9 Å². The van der Waals surface area contributed by atoms with Crippen LogP contribution in [0, 0.1) is 13.8 Å². The van der Waals surface area contributed by atoms with E-state index >= 15 is 0 Å². The molecule has 4 rings (SSSR count). The molecule has 1 fully saturated rings. The number of hydrogen-bond donors (Lipinski definition) is 0. The topological polar surface area (TPSA) is 31.2 Å². The maximum absolute atomic E-state index is 4.65. The number of anilines is 2. The molecule has 0 bridgehead atoms. The lowest BCUT2D eigenvalue weighted by Crippen LogP contribution is -2.48. The summed E-state index contributed by atoms with van der Waals surface area (Å²) in [7, 11) is 3.72. The highest BCUT2D eigenvalue weighted by Gasteiger charge is 2.56. The number of amidine groups is 2. The average molecular weight is 346 g/mol. The van der Waals surface area contributed by atoms with Crippen molar-refractivity contribution in [1.82, 2.24) is 0 Å². The van der Waals surface area contributed by atoms with Crippen LogP contribution >= 0.6 is 0 Å². The third-order valence-electron chi connectivity index (χ3n) is 5.56. The van der Waals surface area contributed by atoms with Crippen LogP contribution in [0.4, 0.5) is 11.4 Å². The molecule has 0 aromatic heterocycles. The number of rotatable bonds is 1. The monoisotopic (exact) mass is 346 g/mol. The van der Waals surface area contributed by atoms with Crippen molar-refractivity contribution < 1.29 is 0 Å². The van der Waals surface area contributed by atoms with Crippen LogP contribution in [0.1, 0.15) is 30.5 Å². The summed E-state index contributed by atoms with van der Waals surface area (Å²) >= 11 is 0. The predicted octanol–water partition coefficient (Wildman–Crippen LogP) is 4.30. The van der Waals surface area contributed by atoms with E-state index in [0.717, 1.165) is 11.7 Å². The number of para-hydroxylation sites is 1. The van der Waals surface area contributed by atoms with E-state index in [1.54, 1.807) is 0 Å². The zero-order valence-electron chi connectivity index (χ0n) is 16.4. The smallest absolute Gasteiger partial charge is 0.173 e. The van der Waals surface area contributed by atoms with Crippen LogP contribution in [-0.4, -0.2) is 31.9 Å². The molecule has 0 aliphatic carbocycles. The summed E-state index contributed by atoms with van der Waals surface area (Å²) in [5, 5.41) is 0. The van der Waals surface area contributed by atoms with Gasteiger partial charge in [0.2, 0.25) is 0 Å². The van der Waals surface area contributed by atoms with E-state index in [4.69, 9.17) is 0 Å². The molecular formula is C22H26N4. The highest BCUT2D eigenvalue weighted by atomic mass is 15.5. The SMILES string of the molecule is C/N=C1\C(=N/C)N2c3ccccc3C(C)(C)C2N1c1cc(C)cc(C)c1. The largest absolute Gasteiger partial charge is 0.301 e. The second-order valence-electron chi connectivity index (χ2n) is 7.79. The summed E-state index contributed by atoms with van der Waals surface area (Å²) in [6, 6.07) is 15.4. The number of fused-ring (bicyclic) bond motifs is 3. The Hall–Kier alpha value is -2.62. The highest BCUT2D eigenvalue weighted by Crippen LogP contribution is 2.50. The minimum atomic E-state index is -0.0589. The lowest BCUT2D eigenvalue weighted by atomic mass is 9.83. The molecule has 1 unspecified atom stereocenters. The molecule has 0 radical (unpaired) electrons. The van der Waals surface area contributed by atoms with Crippen LogP contribution in [0.2, 0.25) is 0 Å². The molecule has 1 saturated heterocycles. The average Bonchev–Trinajstić information content (AvgIpc) is 3.05. The van der Waals surface area contributed by atoms with E-state index in [0.29, 0.717) is 0 Å². The van der Waals surface area contributed by atoms with Crippen LogP contribution in [0.3, 0.4) is 0 Å². The summed E-state index contributed by atoms with van der Waals surface area (Å²) in [4.78, 5) is 14.0. The number of aliphatic imine (C=N–C) groups is 2. The zero-order valence-corrected chi connectivity index (χ0v) is 16.4. The fraction of sp³-hybridized carbons (Fsp3) is 0.364. The number of nitrogens with zero attached hydrogens (tertiary/aromatic N) is 4. The highest BCUT2D eigenvalue weighted by molar-refractivity contribution is 6.53. The van der Waals surface area contributed by atoms with Gasteiger partial charge in [-0.2, -0.15) is 0 Å². The van der Waals surface area contributed by atoms with Gasteiger partial charge in [0.15, 0.2) is 11.7 Å². The Bertz CT molecular complexity index is 919. The van der Waals surface area contributed by atoms with Gasteiger partial charge in [0.05, 0.1) is 0 Å². The second kappa shape index (κ2) is 5.70. The lowest BCUT2D eigenvalue weighted by Gasteiger charge is -2.35. The van der Waals surface area contributed by atoms with Gasteiger partial charge in [-0.25, -0.2) is 0 Å². The van der Waals surface area contributed by atoms with E-state index in [1.165, 1.54) is 28.1 Å². The van der Waals surface area contributed by atoms with Crippen LogP contribution in [0.5, 0.6) is 0 Å². The fourth-order valence-corrected chi connectivity index (χ4v) is 4.59. The molecular weight excluding hydrogens is 320 g/mol. The molecule has 2 heterocycles. The van der Waals surface area contributed by atoms with Crippen molar-refractivity contribution in [3.63, 3.8) is 0 Å². The molecule has 0 spiro atoms. The minimum absolute atomic E-state index is 0.0589. The van der Waals surface area contributed by atoms with Gasteiger partial charge in [-0.05, 0) is 48.7 Å². The Kier molecular flexibility index (Phi) is 3.69. The van der Waals surface area contributed by atoms with E-state index in [9.17, 15) is 0 Å². The molecule has 4 nitrogen and oxygen atoms in total. The molecule has 2 aromatic rings. The summed E-state index contributed by atoms with van der Waals surface area (Å²) in [5.41, 5.74) is 6.23. The van der Waals surface area contributed by atoms with E-state index in [-0.39, 0.29) is 11.6 Å². The molecule has 134 valence electrons. The first-order chi connectivity index (χ1) is 12.4. The molecule has 0 N–H and O–H groups in total. The second-order valence-corrected chi connectivity index (χ2v) is 7.79. The maximum atomic E-state index is 4.65. The van der Waals surface area contributed by atoms with Crippen molar-refractivity contribution in [2.75, 3.05) is 23.9 Å². The third kappa shape index (κ3) is 2.14. The van der Waals surface area contributed by atoms with E-state index in [1.807, 2.05) is 14.1 Å². The summed E-state index contributed by atoms with van der Waals surface area (Å²) in [5.74, 6) is 1.87. The molecule has 0 amide bonds. The number of benzene rings is 2. The molecule has 4 heteroatoms. The first kappa shape index (κ1) is 16.8. The first-order valence-corrected chi connectivity index (χ1v) is 9.10. The third-order valence-corrected chi connectivity index (χ3v) is 5.56. The van der Waals surface area contributed by atoms with Gasteiger partial charge in [-0.15, -0.1) is 0 Å². The molecule has 1 atom stereocenters. The number of hydrogen-bond acceptors (Lipinski definition) is 2. The summed E-state index contributed by atoms with van der Waals surface area (Å²) in [6.07, 6.45) is 0.124. The van der Waals surface area contributed by atoms with Gasteiger partial charge >= 0.3 is 0 Å². The molecule has 2 aliphatic rings. The first-order valence-electron chi connectivity index (χ1n) is 9.10. The zero-order chi connectivity index (χ0) is 18.6. The van der Waals surface area contributed by atoms with Crippen LogP contribution < -0.4 is 9.80 Å². The van der Waals surface area contributed by atoms with E-state index < -0.39 is 0 Å². The summed E-state index contributed by atoms with van der Waals surface area (Å²) < 4.78 is 0. The van der Waals surface area contributed by atoms with Crippen LogP contribution in [-0.2, 0) is 5.41 Å². The van der Waals surface area contributed by atoms with Crippen molar-refractivity contribution >= 4 is 23.0 Å². The molecule has 2 aliphatic heterocycles. The van der Waals surface area contributed by atoms with Crippen LogP contribution in [0.15, 0.2) is 52.4 Å². The van der Waals surface area contributed by atoms with Gasteiger partial charge in [0.1, 0.15) is 6.17 Å². The van der Waals surface area contributed by atoms with Crippen LogP contribution in [0.25, 0.3) is 0 Å². The van der Waals surface area contributed by atoms with Gasteiger partial charge in [-0.1, -0.05) is 38.1 Å². The summed E-state index contributed by atoms with van der Waals surface area (Å²) in [6.45, 7) is 8.93. The minimum Gasteiger partial charge on any atom is -0.301 e. The number of aryl methyl sites for hydroxylation is 2. The Morgan fingerprint density at radius 3 is 2.04 bits per heavy atom. The Balaban J connectivity index is 1.99. The lowest BCUT2D eigenvalue weighted by molar-refractivity contribution is 0.457. The van der Waals surface area contributed by atoms with Gasteiger partial charge in [0.25, 0.3) is 0 Å². The molecule has 0 saturated carbocycles. The normalized spacial score (nSPS) is 23.7. The van der Waals surface area contributed by atoms with Crippen molar-refractivity contribution in [3.05, 3.63) is 59.2 Å².